The van der Waals surface area contributed by atoms with Gasteiger partial charge in [0.25, 0.3) is 0 Å². The summed E-state index contributed by atoms with van der Waals surface area (Å²) in [5, 5.41) is 8.74. The SMILES string of the molecule is O=C(O)c1cc(C2CC2C(F)(F)F)cc(C(F)(F)F)c1. The first-order valence-electron chi connectivity index (χ1n) is 5.52. The van der Waals surface area contributed by atoms with Crippen molar-refractivity contribution >= 4 is 5.97 Å². The van der Waals surface area contributed by atoms with Crippen molar-refractivity contribution in [3.8, 4) is 0 Å². The molecule has 0 amide bonds. The maximum Gasteiger partial charge on any atom is 0.416 e. The number of hydrogen-bond donors (Lipinski definition) is 1. The number of hydrogen-bond acceptors (Lipinski definition) is 1. The van der Waals surface area contributed by atoms with Crippen LogP contribution in [0.5, 0.6) is 0 Å². The van der Waals surface area contributed by atoms with Gasteiger partial charge in [0.1, 0.15) is 0 Å². The zero-order valence-corrected chi connectivity index (χ0v) is 9.72. The summed E-state index contributed by atoms with van der Waals surface area (Å²) in [6.07, 6.45) is -9.60. The van der Waals surface area contributed by atoms with Crippen LogP contribution in [-0.4, -0.2) is 17.3 Å². The van der Waals surface area contributed by atoms with E-state index in [1.165, 1.54) is 0 Å². The molecule has 2 rings (SSSR count). The smallest absolute Gasteiger partial charge is 0.416 e. The molecule has 20 heavy (non-hydrogen) atoms. The lowest BCUT2D eigenvalue weighted by Crippen LogP contribution is -2.12. The van der Waals surface area contributed by atoms with E-state index in [0.717, 1.165) is 6.07 Å². The monoisotopic (exact) mass is 298 g/mol. The topological polar surface area (TPSA) is 37.3 Å². The zero-order chi connectivity index (χ0) is 15.3. The second kappa shape index (κ2) is 4.39. The standard InChI is InChI=1S/C12H8F6O2/c13-11(14,15)7-2-5(1-6(3-7)10(19)20)8-4-9(8)12(16,17)18/h1-3,8-9H,4H2,(H,19,20). The Morgan fingerprint density at radius 3 is 2.10 bits per heavy atom. The molecule has 0 heterocycles. The minimum absolute atomic E-state index is 0.237. The van der Waals surface area contributed by atoms with E-state index in [0.29, 0.717) is 12.1 Å². The average Bonchev–Trinajstić information content (AvgIpc) is 3.06. The first-order chi connectivity index (χ1) is 9.00. The van der Waals surface area contributed by atoms with Gasteiger partial charge in [-0.15, -0.1) is 0 Å². The van der Waals surface area contributed by atoms with Gasteiger partial charge in [0.2, 0.25) is 0 Å². The summed E-state index contributed by atoms with van der Waals surface area (Å²) in [4.78, 5) is 10.8. The summed E-state index contributed by atoms with van der Waals surface area (Å²) in [5.74, 6) is -4.41. The molecule has 2 atom stereocenters. The van der Waals surface area contributed by atoms with Gasteiger partial charge in [-0.2, -0.15) is 26.3 Å². The average molecular weight is 298 g/mol. The molecule has 8 heteroatoms. The lowest BCUT2D eigenvalue weighted by molar-refractivity contribution is -0.148. The normalized spacial score (nSPS) is 22.7. The van der Waals surface area contributed by atoms with Crippen molar-refractivity contribution in [1.29, 1.82) is 0 Å². The number of halogens is 6. The lowest BCUT2D eigenvalue weighted by atomic mass is 10.0. The molecular weight excluding hydrogens is 290 g/mol. The number of aromatic carboxylic acids is 1. The maximum absolute atomic E-state index is 12.6. The van der Waals surface area contributed by atoms with Crippen LogP contribution in [0.3, 0.4) is 0 Å². The third-order valence-corrected chi connectivity index (χ3v) is 3.17. The Morgan fingerprint density at radius 1 is 1.10 bits per heavy atom. The molecule has 0 aromatic heterocycles. The van der Waals surface area contributed by atoms with E-state index >= 15 is 0 Å². The summed E-state index contributed by atoms with van der Waals surface area (Å²) in [6, 6.07) is 1.87. The Hall–Kier alpha value is -1.73. The van der Waals surface area contributed by atoms with Gasteiger partial charge in [0.15, 0.2) is 0 Å². The molecule has 0 saturated heterocycles. The molecular formula is C12H8F6O2. The fourth-order valence-electron chi connectivity index (χ4n) is 2.08. The van der Waals surface area contributed by atoms with Crippen LogP contribution in [0.2, 0.25) is 0 Å². The fourth-order valence-corrected chi connectivity index (χ4v) is 2.08. The van der Waals surface area contributed by atoms with E-state index in [-0.39, 0.29) is 12.0 Å². The third kappa shape index (κ3) is 2.88. The van der Waals surface area contributed by atoms with Crippen molar-refractivity contribution in [1.82, 2.24) is 0 Å². The molecule has 0 bridgehead atoms. The van der Waals surface area contributed by atoms with Gasteiger partial charge >= 0.3 is 18.3 Å². The minimum atomic E-state index is -4.80. The second-order valence-electron chi connectivity index (χ2n) is 4.64. The first kappa shape index (κ1) is 14.7. The first-order valence-corrected chi connectivity index (χ1v) is 5.52. The molecule has 2 nitrogen and oxygen atoms in total. The van der Waals surface area contributed by atoms with Crippen LogP contribution in [-0.2, 0) is 6.18 Å². The molecule has 2 unspecified atom stereocenters. The van der Waals surface area contributed by atoms with Crippen molar-refractivity contribution in [2.24, 2.45) is 5.92 Å². The van der Waals surface area contributed by atoms with Gasteiger partial charge in [-0.3, -0.25) is 0 Å². The largest absolute Gasteiger partial charge is 0.478 e. The van der Waals surface area contributed by atoms with Gasteiger partial charge in [-0.05, 0) is 36.1 Å². The predicted octanol–water partition coefficient (Wildman–Crippen LogP) is 4.07. The summed E-state index contributed by atoms with van der Waals surface area (Å²) in [5.41, 5.74) is -2.15. The van der Waals surface area contributed by atoms with Crippen LogP contribution in [0.1, 0.15) is 33.8 Å². The third-order valence-electron chi connectivity index (χ3n) is 3.17. The number of carbonyl (C=O) groups is 1. The maximum atomic E-state index is 12.6. The Kier molecular flexibility index (Phi) is 3.22. The van der Waals surface area contributed by atoms with E-state index in [1.54, 1.807) is 0 Å². The molecule has 1 aromatic carbocycles. The number of benzene rings is 1. The molecule has 110 valence electrons. The molecule has 1 aliphatic rings. The van der Waals surface area contributed by atoms with Gasteiger partial charge in [-0.1, -0.05) is 0 Å². The summed E-state index contributed by atoms with van der Waals surface area (Å²) >= 11 is 0. The zero-order valence-electron chi connectivity index (χ0n) is 9.72. The molecule has 1 N–H and O–H groups in total. The Balaban J connectivity index is 2.40. The highest BCUT2D eigenvalue weighted by Crippen LogP contribution is 2.56. The molecule has 1 aliphatic carbocycles. The lowest BCUT2D eigenvalue weighted by Gasteiger charge is -2.11. The fraction of sp³-hybridized carbons (Fsp3) is 0.417. The van der Waals surface area contributed by atoms with Crippen LogP contribution in [0.25, 0.3) is 0 Å². The summed E-state index contributed by atoms with van der Waals surface area (Å²) < 4.78 is 75.1. The quantitative estimate of drug-likeness (QED) is 0.836. The molecule has 0 radical (unpaired) electrons. The summed E-state index contributed by atoms with van der Waals surface area (Å²) in [6.45, 7) is 0. The highest BCUT2D eigenvalue weighted by molar-refractivity contribution is 5.88. The molecule has 0 spiro atoms. The summed E-state index contributed by atoms with van der Waals surface area (Å²) in [7, 11) is 0. The van der Waals surface area contributed by atoms with Crippen LogP contribution in [0, 0.1) is 5.92 Å². The number of rotatable bonds is 2. The van der Waals surface area contributed by atoms with Crippen molar-refractivity contribution in [3.63, 3.8) is 0 Å². The van der Waals surface area contributed by atoms with E-state index in [2.05, 4.69) is 0 Å². The Bertz CT molecular complexity index is 546. The number of alkyl halides is 6. The minimum Gasteiger partial charge on any atom is -0.478 e. The van der Waals surface area contributed by atoms with Crippen molar-refractivity contribution in [2.75, 3.05) is 0 Å². The van der Waals surface area contributed by atoms with E-state index < -0.39 is 41.3 Å². The highest BCUT2D eigenvalue weighted by atomic mass is 19.4. The van der Waals surface area contributed by atoms with Crippen LogP contribution < -0.4 is 0 Å². The van der Waals surface area contributed by atoms with Crippen molar-refractivity contribution in [2.45, 2.75) is 24.7 Å². The Morgan fingerprint density at radius 2 is 1.70 bits per heavy atom. The van der Waals surface area contributed by atoms with Crippen LogP contribution in [0.15, 0.2) is 18.2 Å². The van der Waals surface area contributed by atoms with Gasteiger partial charge in [0.05, 0.1) is 17.0 Å². The van der Waals surface area contributed by atoms with Gasteiger partial charge < -0.3 is 5.11 Å². The van der Waals surface area contributed by atoms with E-state index in [4.69, 9.17) is 5.11 Å². The van der Waals surface area contributed by atoms with Crippen molar-refractivity contribution in [3.05, 3.63) is 34.9 Å². The number of carboxylic acid groups (broad SMARTS) is 1. The van der Waals surface area contributed by atoms with Gasteiger partial charge in [-0.25, -0.2) is 4.79 Å². The second-order valence-corrected chi connectivity index (χ2v) is 4.64. The predicted molar refractivity (Wildman–Crippen MR) is 55.3 cm³/mol. The molecule has 1 saturated carbocycles. The Labute approximate surface area is 109 Å². The molecule has 0 aliphatic heterocycles. The van der Waals surface area contributed by atoms with Crippen LogP contribution >= 0.6 is 0 Å². The highest BCUT2D eigenvalue weighted by Gasteiger charge is 2.56. The van der Waals surface area contributed by atoms with Crippen molar-refractivity contribution < 1.29 is 36.2 Å². The van der Waals surface area contributed by atoms with E-state index in [9.17, 15) is 31.1 Å². The molecule has 1 fully saturated rings. The van der Waals surface area contributed by atoms with E-state index in [1.807, 2.05) is 0 Å². The van der Waals surface area contributed by atoms with Gasteiger partial charge in [0, 0.05) is 0 Å². The number of carboxylic acids is 1. The molecule has 1 aromatic rings. The van der Waals surface area contributed by atoms with Crippen LogP contribution in [0.4, 0.5) is 26.3 Å².